The van der Waals surface area contributed by atoms with E-state index in [-0.39, 0.29) is 11.3 Å². The molecule has 0 radical (unpaired) electrons. The quantitative estimate of drug-likeness (QED) is 0.418. The summed E-state index contributed by atoms with van der Waals surface area (Å²) in [6.45, 7) is 4.81. The number of carbonyl (C=O) groups excluding carboxylic acids is 2. The van der Waals surface area contributed by atoms with E-state index in [9.17, 15) is 14.4 Å². The van der Waals surface area contributed by atoms with Crippen LogP contribution in [0.25, 0.3) is 10.2 Å². The fourth-order valence-corrected chi connectivity index (χ4v) is 6.10. The summed E-state index contributed by atoms with van der Waals surface area (Å²) in [4.78, 5) is 45.1. The van der Waals surface area contributed by atoms with Gasteiger partial charge in [-0.05, 0) is 55.7 Å². The average molecular weight is 473 g/mol. The lowest BCUT2D eigenvalue weighted by molar-refractivity contribution is -0.117. The number of rotatable bonds is 7. The van der Waals surface area contributed by atoms with E-state index in [4.69, 9.17) is 4.98 Å². The molecule has 0 unspecified atom stereocenters. The van der Waals surface area contributed by atoms with Crippen molar-refractivity contribution in [3.05, 3.63) is 44.8 Å². The van der Waals surface area contributed by atoms with Crippen molar-refractivity contribution in [1.82, 2.24) is 19.4 Å². The highest BCUT2D eigenvalue weighted by atomic mass is 32.2. The third-order valence-electron chi connectivity index (χ3n) is 5.73. The lowest BCUT2D eigenvalue weighted by Crippen LogP contribution is -2.33. The predicted octanol–water partition coefficient (Wildman–Crippen LogP) is 3.77. The van der Waals surface area contributed by atoms with Crippen LogP contribution in [0.2, 0.25) is 0 Å². The van der Waals surface area contributed by atoms with Crippen LogP contribution in [-0.2, 0) is 31.2 Å². The molecule has 3 heterocycles. The zero-order valence-corrected chi connectivity index (χ0v) is 20.3. The fraction of sp³-hybridized carbons (Fsp3) is 0.478. The summed E-state index contributed by atoms with van der Waals surface area (Å²) in [6, 6.07) is 3.41. The van der Waals surface area contributed by atoms with Crippen molar-refractivity contribution in [3.8, 4) is 0 Å². The summed E-state index contributed by atoms with van der Waals surface area (Å²) in [5.74, 6) is -0.384. The lowest BCUT2D eigenvalue weighted by atomic mass is 9.97. The van der Waals surface area contributed by atoms with Crippen molar-refractivity contribution in [1.29, 1.82) is 0 Å². The second kappa shape index (κ2) is 9.62. The van der Waals surface area contributed by atoms with E-state index in [1.54, 1.807) is 45.8 Å². The SMILES string of the molecule is CC(C)CCn1c(SCC(=O)NC(=O)c2cccn2C)nc2sc3c(c2c1=O)CCCC3. The van der Waals surface area contributed by atoms with Gasteiger partial charge < -0.3 is 4.57 Å². The summed E-state index contributed by atoms with van der Waals surface area (Å²) in [5.41, 5.74) is 1.59. The van der Waals surface area contributed by atoms with Gasteiger partial charge in [-0.3, -0.25) is 24.3 Å². The van der Waals surface area contributed by atoms with Crippen LogP contribution in [0, 0.1) is 5.92 Å². The Balaban J connectivity index is 1.58. The number of carbonyl (C=O) groups is 2. The van der Waals surface area contributed by atoms with Crippen LogP contribution in [0.4, 0.5) is 0 Å². The van der Waals surface area contributed by atoms with Crippen molar-refractivity contribution >= 4 is 45.1 Å². The van der Waals surface area contributed by atoms with E-state index in [1.807, 2.05) is 0 Å². The van der Waals surface area contributed by atoms with Gasteiger partial charge in [0.1, 0.15) is 10.5 Å². The van der Waals surface area contributed by atoms with Crippen molar-refractivity contribution in [2.45, 2.75) is 57.7 Å². The van der Waals surface area contributed by atoms with Crippen molar-refractivity contribution in [2.75, 3.05) is 5.75 Å². The number of nitrogens with one attached hydrogen (secondary N) is 1. The second-order valence-electron chi connectivity index (χ2n) is 8.60. The van der Waals surface area contributed by atoms with Crippen LogP contribution in [0.3, 0.4) is 0 Å². The van der Waals surface area contributed by atoms with Gasteiger partial charge in [0, 0.05) is 24.7 Å². The Hall–Kier alpha value is -2.39. The molecule has 1 aliphatic rings. The summed E-state index contributed by atoms with van der Waals surface area (Å²) < 4.78 is 3.38. The van der Waals surface area contributed by atoms with Crippen LogP contribution in [0.15, 0.2) is 28.3 Å². The van der Waals surface area contributed by atoms with E-state index in [0.29, 0.717) is 23.3 Å². The zero-order valence-electron chi connectivity index (χ0n) is 18.6. The highest BCUT2D eigenvalue weighted by Gasteiger charge is 2.23. The normalized spacial score (nSPS) is 13.5. The van der Waals surface area contributed by atoms with E-state index in [0.717, 1.165) is 42.3 Å². The Morgan fingerprint density at radius 1 is 1.28 bits per heavy atom. The molecule has 0 aromatic carbocycles. The number of nitrogens with zero attached hydrogens (tertiary/aromatic N) is 3. The van der Waals surface area contributed by atoms with E-state index >= 15 is 0 Å². The number of thioether (sulfide) groups is 1. The first kappa shape index (κ1) is 22.8. The van der Waals surface area contributed by atoms with Gasteiger partial charge in [-0.1, -0.05) is 25.6 Å². The zero-order chi connectivity index (χ0) is 22.8. The molecule has 0 saturated heterocycles. The van der Waals surface area contributed by atoms with Gasteiger partial charge in [0.25, 0.3) is 11.5 Å². The summed E-state index contributed by atoms with van der Waals surface area (Å²) in [6.07, 6.45) is 6.81. The predicted molar refractivity (Wildman–Crippen MR) is 129 cm³/mol. The number of amides is 2. The minimum Gasteiger partial charge on any atom is -0.347 e. The third-order valence-corrected chi connectivity index (χ3v) is 7.89. The van der Waals surface area contributed by atoms with Crippen LogP contribution in [-0.4, -0.2) is 31.7 Å². The molecule has 0 spiro atoms. The Morgan fingerprint density at radius 3 is 2.78 bits per heavy atom. The van der Waals surface area contributed by atoms with Gasteiger partial charge in [-0.25, -0.2) is 4.98 Å². The molecule has 1 aliphatic carbocycles. The van der Waals surface area contributed by atoms with E-state index in [2.05, 4.69) is 19.2 Å². The minimum atomic E-state index is -0.436. The summed E-state index contributed by atoms with van der Waals surface area (Å²) in [5, 5.41) is 3.73. The van der Waals surface area contributed by atoms with E-state index in [1.165, 1.54) is 22.2 Å². The molecule has 3 aromatic rings. The summed E-state index contributed by atoms with van der Waals surface area (Å²) in [7, 11) is 1.75. The van der Waals surface area contributed by atoms with Crippen molar-refractivity contribution in [2.24, 2.45) is 13.0 Å². The first-order valence-electron chi connectivity index (χ1n) is 11.0. The first-order valence-corrected chi connectivity index (χ1v) is 12.8. The fourth-order valence-electron chi connectivity index (χ4n) is 3.97. The minimum absolute atomic E-state index is 0.00200. The number of aryl methyl sites for hydroxylation is 3. The molecule has 0 fully saturated rings. The molecule has 9 heteroatoms. The molecular weight excluding hydrogens is 444 g/mol. The van der Waals surface area contributed by atoms with Gasteiger partial charge >= 0.3 is 0 Å². The monoisotopic (exact) mass is 472 g/mol. The standard InChI is InChI=1S/C23H28N4O3S2/c1-14(2)10-12-27-22(30)19-15-7-4-5-9-17(15)32-21(19)25-23(27)31-13-18(28)24-20(29)16-8-6-11-26(16)3/h6,8,11,14H,4-5,7,9-10,12-13H2,1-3H3,(H,24,28,29). The van der Waals surface area contributed by atoms with Crippen molar-refractivity contribution < 1.29 is 9.59 Å². The van der Waals surface area contributed by atoms with E-state index < -0.39 is 11.8 Å². The van der Waals surface area contributed by atoms with Crippen molar-refractivity contribution in [3.63, 3.8) is 0 Å². The van der Waals surface area contributed by atoms with Gasteiger partial charge in [0.05, 0.1) is 11.1 Å². The van der Waals surface area contributed by atoms with Crippen LogP contribution < -0.4 is 10.9 Å². The molecule has 0 aliphatic heterocycles. The Labute approximate surface area is 195 Å². The molecule has 32 heavy (non-hydrogen) atoms. The molecule has 7 nitrogen and oxygen atoms in total. The molecule has 0 bridgehead atoms. The van der Waals surface area contributed by atoms with Crippen LogP contribution in [0.1, 0.15) is 54.0 Å². The Kier molecular flexibility index (Phi) is 6.85. The molecule has 4 rings (SSSR count). The van der Waals surface area contributed by atoms with Gasteiger partial charge in [-0.15, -0.1) is 11.3 Å². The maximum atomic E-state index is 13.5. The lowest BCUT2D eigenvalue weighted by Gasteiger charge is -2.14. The maximum Gasteiger partial charge on any atom is 0.274 e. The molecule has 0 atom stereocenters. The number of hydrogen-bond donors (Lipinski definition) is 1. The van der Waals surface area contributed by atoms with Crippen LogP contribution >= 0.6 is 23.1 Å². The smallest absolute Gasteiger partial charge is 0.274 e. The molecule has 170 valence electrons. The molecule has 2 amide bonds. The number of fused-ring (bicyclic) bond motifs is 3. The number of aromatic nitrogens is 3. The third kappa shape index (κ3) is 4.68. The first-order chi connectivity index (χ1) is 15.3. The topological polar surface area (TPSA) is 86.0 Å². The number of hydrogen-bond acceptors (Lipinski definition) is 6. The average Bonchev–Trinajstić information content (AvgIpc) is 3.34. The summed E-state index contributed by atoms with van der Waals surface area (Å²) >= 11 is 2.82. The van der Waals surface area contributed by atoms with Gasteiger partial charge in [-0.2, -0.15) is 0 Å². The maximum absolute atomic E-state index is 13.5. The Morgan fingerprint density at radius 2 is 2.06 bits per heavy atom. The van der Waals surface area contributed by atoms with Gasteiger partial charge in [0.15, 0.2) is 5.16 Å². The highest BCUT2D eigenvalue weighted by molar-refractivity contribution is 7.99. The highest BCUT2D eigenvalue weighted by Crippen LogP contribution is 2.34. The van der Waals surface area contributed by atoms with Gasteiger partial charge in [0.2, 0.25) is 5.91 Å². The molecule has 3 aromatic heterocycles. The molecular formula is C23H28N4O3S2. The Bertz CT molecular complexity index is 1220. The second-order valence-corrected chi connectivity index (χ2v) is 10.6. The number of imide groups is 1. The largest absolute Gasteiger partial charge is 0.347 e. The molecule has 0 saturated carbocycles. The number of thiophene rings is 1. The molecule has 1 N–H and O–H groups in total. The van der Waals surface area contributed by atoms with Crippen LogP contribution in [0.5, 0.6) is 0 Å².